The number of hydrogen-bond acceptors (Lipinski definition) is 3. The van der Waals surface area contributed by atoms with Crippen molar-refractivity contribution < 1.29 is 19.8 Å². The summed E-state index contributed by atoms with van der Waals surface area (Å²) >= 11 is 0. The first kappa shape index (κ1) is 10.5. The summed E-state index contributed by atoms with van der Waals surface area (Å²) in [5.41, 5.74) is -0.0644. The zero-order chi connectivity index (χ0) is 11.7. The average Bonchev–Trinajstić information content (AvgIpc) is 3.03. The highest BCUT2D eigenvalue weighted by atomic mass is 16.4. The lowest BCUT2D eigenvalue weighted by atomic mass is 10.1. The van der Waals surface area contributed by atoms with Crippen molar-refractivity contribution in [3.8, 4) is 5.75 Å². The van der Waals surface area contributed by atoms with E-state index in [1.807, 2.05) is 0 Å². The summed E-state index contributed by atoms with van der Waals surface area (Å²) in [5.74, 6) is -1.78. The van der Waals surface area contributed by atoms with Crippen LogP contribution in [-0.4, -0.2) is 22.1 Å². The molecule has 0 bridgehead atoms. The summed E-state index contributed by atoms with van der Waals surface area (Å²) in [6.45, 7) is 0. The zero-order valence-corrected chi connectivity index (χ0v) is 8.43. The van der Waals surface area contributed by atoms with Crippen molar-refractivity contribution in [2.24, 2.45) is 5.92 Å². The molecular formula is C11H11NO4. The van der Waals surface area contributed by atoms with Crippen LogP contribution in [0.2, 0.25) is 0 Å². The maximum Gasteiger partial charge on any atom is 0.339 e. The second-order valence-electron chi connectivity index (χ2n) is 3.77. The highest BCUT2D eigenvalue weighted by Crippen LogP contribution is 2.33. The van der Waals surface area contributed by atoms with Gasteiger partial charge in [-0.3, -0.25) is 4.79 Å². The van der Waals surface area contributed by atoms with E-state index in [1.54, 1.807) is 0 Å². The lowest BCUT2D eigenvalue weighted by Crippen LogP contribution is -2.14. The molecule has 0 aliphatic heterocycles. The van der Waals surface area contributed by atoms with Gasteiger partial charge in [0.15, 0.2) is 5.75 Å². The molecule has 1 saturated carbocycles. The molecule has 0 spiro atoms. The van der Waals surface area contributed by atoms with Gasteiger partial charge in [-0.1, -0.05) is 6.07 Å². The van der Waals surface area contributed by atoms with E-state index >= 15 is 0 Å². The Balaban J connectivity index is 2.23. The Morgan fingerprint density at radius 2 is 2.00 bits per heavy atom. The fourth-order valence-corrected chi connectivity index (χ4v) is 1.40. The first-order valence-electron chi connectivity index (χ1n) is 4.95. The smallest absolute Gasteiger partial charge is 0.339 e. The third-order valence-electron chi connectivity index (χ3n) is 2.47. The van der Waals surface area contributed by atoms with E-state index in [9.17, 15) is 14.7 Å². The topological polar surface area (TPSA) is 86.6 Å². The van der Waals surface area contributed by atoms with Gasteiger partial charge in [0.1, 0.15) is 5.56 Å². The number of hydrogen-bond donors (Lipinski definition) is 3. The number of anilines is 1. The van der Waals surface area contributed by atoms with Crippen molar-refractivity contribution in [3.63, 3.8) is 0 Å². The maximum atomic E-state index is 11.4. The van der Waals surface area contributed by atoms with E-state index in [-0.39, 0.29) is 23.1 Å². The summed E-state index contributed by atoms with van der Waals surface area (Å²) in [4.78, 5) is 22.2. The summed E-state index contributed by atoms with van der Waals surface area (Å²) in [6, 6.07) is 4.23. The molecular weight excluding hydrogens is 210 g/mol. The third-order valence-corrected chi connectivity index (χ3v) is 2.47. The van der Waals surface area contributed by atoms with Gasteiger partial charge in [-0.05, 0) is 25.0 Å². The normalized spacial score (nSPS) is 14.5. The lowest BCUT2D eigenvalue weighted by molar-refractivity contribution is -0.117. The van der Waals surface area contributed by atoms with E-state index in [2.05, 4.69) is 5.32 Å². The second kappa shape index (κ2) is 3.84. The summed E-state index contributed by atoms with van der Waals surface area (Å²) in [5, 5.41) is 20.9. The molecule has 1 aromatic carbocycles. The van der Waals surface area contributed by atoms with E-state index in [0.717, 1.165) is 12.8 Å². The molecule has 0 unspecified atom stereocenters. The number of carboxylic acids is 1. The molecule has 1 aliphatic rings. The molecule has 1 amide bonds. The van der Waals surface area contributed by atoms with Crippen molar-refractivity contribution >= 4 is 17.6 Å². The number of amides is 1. The Kier molecular flexibility index (Phi) is 2.52. The van der Waals surface area contributed by atoms with E-state index < -0.39 is 11.7 Å². The van der Waals surface area contributed by atoms with Crippen LogP contribution in [0.1, 0.15) is 23.2 Å². The molecule has 1 fully saturated rings. The highest BCUT2D eigenvalue weighted by Gasteiger charge is 2.30. The van der Waals surface area contributed by atoms with Gasteiger partial charge in [-0.15, -0.1) is 0 Å². The van der Waals surface area contributed by atoms with Crippen LogP contribution in [0.4, 0.5) is 5.69 Å². The molecule has 16 heavy (non-hydrogen) atoms. The minimum Gasteiger partial charge on any atom is -0.505 e. The first-order valence-corrected chi connectivity index (χ1v) is 4.95. The number of nitrogens with one attached hydrogen (secondary N) is 1. The van der Waals surface area contributed by atoms with Gasteiger partial charge < -0.3 is 15.5 Å². The van der Waals surface area contributed by atoms with E-state index in [1.165, 1.54) is 18.2 Å². The maximum absolute atomic E-state index is 11.4. The summed E-state index contributed by atoms with van der Waals surface area (Å²) in [6.07, 6.45) is 1.70. The van der Waals surface area contributed by atoms with Crippen LogP contribution in [0.25, 0.3) is 0 Å². The zero-order valence-electron chi connectivity index (χ0n) is 8.43. The second-order valence-corrected chi connectivity index (χ2v) is 3.77. The van der Waals surface area contributed by atoms with Crippen LogP contribution in [-0.2, 0) is 4.79 Å². The highest BCUT2D eigenvalue weighted by molar-refractivity contribution is 5.99. The summed E-state index contributed by atoms with van der Waals surface area (Å²) in [7, 11) is 0. The van der Waals surface area contributed by atoms with Crippen molar-refractivity contribution in [3.05, 3.63) is 23.8 Å². The Morgan fingerprint density at radius 3 is 2.56 bits per heavy atom. The van der Waals surface area contributed by atoms with E-state index in [0.29, 0.717) is 0 Å². The van der Waals surface area contributed by atoms with Crippen molar-refractivity contribution in [2.45, 2.75) is 12.8 Å². The number of para-hydroxylation sites is 1. The fraction of sp³-hybridized carbons (Fsp3) is 0.273. The Bertz CT molecular complexity index is 451. The van der Waals surface area contributed by atoms with Crippen LogP contribution in [0.3, 0.4) is 0 Å². The first-order chi connectivity index (χ1) is 7.59. The monoisotopic (exact) mass is 221 g/mol. The van der Waals surface area contributed by atoms with E-state index in [4.69, 9.17) is 5.11 Å². The summed E-state index contributed by atoms with van der Waals surface area (Å²) < 4.78 is 0. The van der Waals surface area contributed by atoms with Gasteiger partial charge in [0.2, 0.25) is 5.91 Å². The molecule has 84 valence electrons. The van der Waals surface area contributed by atoms with Crippen molar-refractivity contribution in [1.82, 2.24) is 0 Å². The molecule has 0 atom stereocenters. The standard InChI is InChI=1S/C11H11NO4/c13-9-7(11(15)16)2-1-3-8(9)12-10(14)6-4-5-6/h1-3,6,13H,4-5H2,(H,12,14)(H,15,16). The molecule has 1 aromatic rings. The number of carbonyl (C=O) groups excluding carboxylic acids is 1. The van der Waals surface area contributed by atoms with Crippen LogP contribution in [0, 0.1) is 5.92 Å². The number of phenols is 1. The van der Waals surface area contributed by atoms with Crippen LogP contribution >= 0.6 is 0 Å². The number of carbonyl (C=O) groups is 2. The fourth-order valence-electron chi connectivity index (χ4n) is 1.40. The molecule has 5 nitrogen and oxygen atoms in total. The minimum atomic E-state index is -1.22. The molecule has 0 saturated heterocycles. The SMILES string of the molecule is O=C(O)c1cccc(NC(=O)C2CC2)c1O. The Morgan fingerprint density at radius 1 is 1.31 bits per heavy atom. The molecule has 0 heterocycles. The lowest BCUT2D eigenvalue weighted by Gasteiger charge is -2.08. The molecule has 5 heteroatoms. The Labute approximate surface area is 91.7 Å². The van der Waals surface area contributed by atoms with Crippen molar-refractivity contribution in [2.75, 3.05) is 5.32 Å². The predicted octanol–water partition coefficient (Wildman–Crippen LogP) is 1.44. The molecule has 2 rings (SSSR count). The third kappa shape index (κ3) is 1.98. The van der Waals surface area contributed by atoms with Gasteiger partial charge in [-0.25, -0.2) is 4.79 Å². The van der Waals surface area contributed by atoms with Gasteiger partial charge in [0.05, 0.1) is 5.69 Å². The number of rotatable bonds is 3. The van der Waals surface area contributed by atoms with Gasteiger partial charge in [0.25, 0.3) is 0 Å². The van der Waals surface area contributed by atoms with Gasteiger partial charge in [0, 0.05) is 5.92 Å². The van der Waals surface area contributed by atoms with Gasteiger partial charge in [-0.2, -0.15) is 0 Å². The molecule has 0 aromatic heterocycles. The molecule has 0 radical (unpaired) electrons. The minimum absolute atomic E-state index is 0.00730. The van der Waals surface area contributed by atoms with Crippen molar-refractivity contribution in [1.29, 1.82) is 0 Å². The van der Waals surface area contributed by atoms with Crippen LogP contribution < -0.4 is 5.32 Å². The molecule has 3 N–H and O–H groups in total. The number of aromatic hydroxyl groups is 1. The Hall–Kier alpha value is -2.04. The van der Waals surface area contributed by atoms with Crippen LogP contribution in [0.15, 0.2) is 18.2 Å². The largest absolute Gasteiger partial charge is 0.505 e. The predicted molar refractivity (Wildman–Crippen MR) is 56.4 cm³/mol. The molecule has 1 aliphatic carbocycles. The number of aromatic carboxylic acids is 1. The van der Waals surface area contributed by atoms with Gasteiger partial charge >= 0.3 is 5.97 Å². The quantitative estimate of drug-likeness (QED) is 0.674. The average molecular weight is 221 g/mol. The number of benzene rings is 1. The van der Waals surface area contributed by atoms with Crippen LogP contribution in [0.5, 0.6) is 5.75 Å². The number of carboxylic acid groups (broad SMARTS) is 1.